The van der Waals surface area contributed by atoms with E-state index in [1.54, 1.807) is 0 Å². The highest BCUT2D eigenvalue weighted by atomic mass is 16.5. The Morgan fingerprint density at radius 3 is 1.35 bits per heavy atom. The van der Waals surface area contributed by atoms with Gasteiger partial charge in [0.15, 0.2) is 11.5 Å². The summed E-state index contributed by atoms with van der Waals surface area (Å²) in [7, 11) is 0. The van der Waals surface area contributed by atoms with E-state index in [1.165, 1.54) is 0 Å². The van der Waals surface area contributed by atoms with Gasteiger partial charge in [0.2, 0.25) is 0 Å². The first-order chi connectivity index (χ1) is 9.92. The molecule has 0 aromatic heterocycles. The predicted molar refractivity (Wildman–Crippen MR) is 74.8 cm³/mol. The monoisotopic (exact) mass is 258 g/mol. The minimum Gasteiger partial charge on any atom is -0.453 e. The fourth-order valence-electron chi connectivity index (χ4n) is 1.65. The molecule has 0 atom stereocenters. The SMILES string of the molecule is [c]1[c][c]c(Oc2ccccc2)c(Oc2ccccc2)[c]1. The summed E-state index contributed by atoms with van der Waals surface area (Å²) in [6.07, 6.45) is 0. The molecule has 2 heteroatoms. The van der Waals surface area contributed by atoms with Gasteiger partial charge in [-0.3, -0.25) is 0 Å². The zero-order chi connectivity index (χ0) is 13.6. The van der Waals surface area contributed by atoms with Crippen molar-refractivity contribution in [1.29, 1.82) is 0 Å². The molecule has 0 heterocycles. The third-order valence-corrected chi connectivity index (χ3v) is 2.55. The molecule has 2 nitrogen and oxygen atoms in total. The Labute approximate surface area is 118 Å². The third-order valence-electron chi connectivity index (χ3n) is 2.55. The second kappa shape index (κ2) is 5.93. The van der Waals surface area contributed by atoms with Gasteiger partial charge in [-0.1, -0.05) is 36.4 Å². The first-order valence-electron chi connectivity index (χ1n) is 6.14. The fourth-order valence-corrected chi connectivity index (χ4v) is 1.65. The fraction of sp³-hybridized carbons (Fsp3) is 0. The van der Waals surface area contributed by atoms with Crippen LogP contribution in [0.15, 0.2) is 60.7 Å². The number of hydrogen-bond donors (Lipinski definition) is 0. The highest BCUT2D eigenvalue weighted by Crippen LogP contribution is 2.33. The van der Waals surface area contributed by atoms with E-state index in [9.17, 15) is 0 Å². The second-order valence-corrected chi connectivity index (χ2v) is 3.99. The Morgan fingerprint density at radius 1 is 0.550 bits per heavy atom. The van der Waals surface area contributed by atoms with Gasteiger partial charge in [0.25, 0.3) is 0 Å². The molecule has 0 aliphatic rings. The van der Waals surface area contributed by atoms with Crippen LogP contribution in [0.1, 0.15) is 0 Å². The molecule has 3 rings (SSSR count). The predicted octanol–water partition coefficient (Wildman–Crippen LogP) is 4.47. The van der Waals surface area contributed by atoms with E-state index < -0.39 is 0 Å². The molecule has 0 saturated heterocycles. The maximum atomic E-state index is 5.72. The smallest absolute Gasteiger partial charge is 0.179 e. The van der Waals surface area contributed by atoms with Crippen molar-refractivity contribution < 1.29 is 9.47 Å². The third kappa shape index (κ3) is 2.98. The molecule has 94 valence electrons. The van der Waals surface area contributed by atoms with Crippen molar-refractivity contribution in [3.8, 4) is 23.0 Å². The summed E-state index contributed by atoms with van der Waals surface area (Å²) in [4.78, 5) is 0. The second-order valence-electron chi connectivity index (χ2n) is 3.99. The number of para-hydroxylation sites is 2. The Balaban J connectivity index is 1.85. The van der Waals surface area contributed by atoms with Crippen LogP contribution in [0.25, 0.3) is 0 Å². The summed E-state index contributed by atoms with van der Waals surface area (Å²) in [5.41, 5.74) is 0. The van der Waals surface area contributed by atoms with E-state index in [0.29, 0.717) is 23.0 Å². The molecule has 0 saturated carbocycles. The van der Waals surface area contributed by atoms with Crippen LogP contribution in [0.2, 0.25) is 0 Å². The minimum absolute atomic E-state index is 0.429. The number of benzene rings is 3. The van der Waals surface area contributed by atoms with Crippen LogP contribution < -0.4 is 9.47 Å². The average Bonchev–Trinajstić information content (AvgIpc) is 2.51. The summed E-state index contributed by atoms with van der Waals surface area (Å²) < 4.78 is 11.4. The van der Waals surface area contributed by atoms with Crippen molar-refractivity contribution >= 4 is 0 Å². The maximum absolute atomic E-state index is 5.72. The minimum atomic E-state index is 0.429. The first-order valence-corrected chi connectivity index (χ1v) is 6.14. The van der Waals surface area contributed by atoms with Crippen LogP contribution >= 0.6 is 0 Å². The lowest BCUT2D eigenvalue weighted by atomic mass is 10.3. The van der Waals surface area contributed by atoms with Crippen molar-refractivity contribution in [2.75, 3.05) is 0 Å². The van der Waals surface area contributed by atoms with Gasteiger partial charge in [0.05, 0.1) is 0 Å². The van der Waals surface area contributed by atoms with Crippen LogP contribution in [0.3, 0.4) is 0 Å². The van der Waals surface area contributed by atoms with Crippen molar-refractivity contribution in [2.24, 2.45) is 0 Å². The maximum Gasteiger partial charge on any atom is 0.179 e. The molecule has 0 aliphatic heterocycles. The molecule has 0 amide bonds. The van der Waals surface area contributed by atoms with Crippen molar-refractivity contribution in [2.45, 2.75) is 0 Å². The van der Waals surface area contributed by atoms with Crippen molar-refractivity contribution in [3.05, 3.63) is 84.9 Å². The largest absolute Gasteiger partial charge is 0.453 e. The van der Waals surface area contributed by atoms with E-state index in [0.717, 1.165) is 0 Å². The Bertz CT molecular complexity index is 603. The van der Waals surface area contributed by atoms with E-state index in [1.807, 2.05) is 60.7 Å². The van der Waals surface area contributed by atoms with Gasteiger partial charge in [-0.05, 0) is 24.3 Å². The van der Waals surface area contributed by atoms with Crippen molar-refractivity contribution in [1.82, 2.24) is 0 Å². The van der Waals surface area contributed by atoms with Gasteiger partial charge < -0.3 is 9.47 Å². The van der Waals surface area contributed by atoms with Crippen molar-refractivity contribution in [3.63, 3.8) is 0 Å². The van der Waals surface area contributed by atoms with E-state index in [2.05, 4.69) is 24.3 Å². The average molecular weight is 258 g/mol. The van der Waals surface area contributed by atoms with E-state index in [4.69, 9.17) is 9.47 Å². The normalized spacial score (nSPS) is 10.0. The number of hydrogen-bond acceptors (Lipinski definition) is 2. The molecule has 0 N–H and O–H groups in total. The zero-order valence-corrected chi connectivity index (χ0v) is 10.6. The van der Waals surface area contributed by atoms with E-state index >= 15 is 0 Å². The van der Waals surface area contributed by atoms with Gasteiger partial charge in [-0.15, -0.1) is 0 Å². The Morgan fingerprint density at radius 2 is 0.950 bits per heavy atom. The molecule has 0 spiro atoms. The molecule has 3 aromatic rings. The van der Waals surface area contributed by atoms with Crippen LogP contribution in [0.4, 0.5) is 0 Å². The number of ether oxygens (including phenoxy) is 2. The molecular formula is C18H10O2. The molecule has 3 aromatic carbocycles. The molecule has 4 radical (unpaired) electrons. The molecule has 0 bridgehead atoms. The van der Waals surface area contributed by atoms with Gasteiger partial charge in [-0.2, -0.15) is 0 Å². The summed E-state index contributed by atoms with van der Waals surface area (Å²) in [6, 6.07) is 30.0. The highest BCUT2D eigenvalue weighted by Gasteiger charge is 2.07. The van der Waals surface area contributed by atoms with Crippen LogP contribution in [0.5, 0.6) is 23.0 Å². The quantitative estimate of drug-likeness (QED) is 0.687. The Hall–Kier alpha value is -2.74. The molecule has 0 fully saturated rings. The van der Waals surface area contributed by atoms with Gasteiger partial charge in [-0.25, -0.2) is 0 Å². The lowest BCUT2D eigenvalue weighted by molar-refractivity contribution is 0.417. The molecular weight excluding hydrogens is 248 g/mol. The highest BCUT2D eigenvalue weighted by molar-refractivity contribution is 5.43. The van der Waals surface area contributed by atoms with Gasteiger partial charge in [0, 0.05) is 24.3 Å². The van der Waals surface area contributed by atoms with Crippen LogP contribution in [-0.2, 0) is 0 Å². The number of rotatable bonds is 4. The zero-order valence-electron chi connectivity index (χ0n) is 10.6. The summed E-state index contributed by atoms with van der Waals surface area (Å²) >= 11 is 0. The standard InChI is InChI=1S/C18H10O2/c1-3-9-15(10-4-1)19-17-13-7-8-14-18(17)20-16-11-5-2-6-12-16/h1-6,9-12H. The Kier molecular flexibility index (Phi) is 3.65. The van der Waals surface area contributed by atoms with Gasteiger partial charge >= 0.3 is 0 Å². The molecule has 0 unspecified atom stereocenters. The topological polar surface area (TPSA) is 18.5 Å². The lowest BCUT2D eigenvalue weighted by Crippen LogP contribution is -1.90. The van der Waals surface area contributed by atoms with Crippen LogP contribution in [-0.4, -0.2) is 0 Å². The molecule has 0 aliphatic carbocycles. The summed E-state index contributed by atoms with van der Waals surface area (Å²) in [5.74, 6) is 2.27. The van der Waals surface area contributed by atoms with Crippen LogP contribution in [0, 0.1) is 24.3 Å². The summed E-state index contributed by atoms with van der Waals surface area (Å²) in [5, 5.41) is 0. The van der Waals surface area contributed by atoms with Gasteiger partial charge in [0.1, 0.15) is 11.5 Å². The van der Waals surface area contributed by atoms with E-state index in [-0.39, 0.29) is 0 Å². The lowest BCUT2D eigenvalue weighted by Gasteiger charge is -2.11. The first kappa shape index (κ1) is 12.3. The summed E-state index contributed by atoms with van der Waals surface area (Å²) in [6.45, 7) is 0. The molecule has 20 heavy (non-hydrogen) atoms.